The number of ether oxygens (including phenoxy) is 3. The Labute approximate surface area is 314 Å². The molecule has 1 saturated heterocycles. The maximum atomic E-state index is 14.4. The fraction of sp³-hybridized carbons (Fsp3) is 0.579. The van der Waals surface area contributed by atoms with Crippen molar-refractivity contribution in [2.45, 2.75) is 108 Å². The molecule has 1 aromatic carbocycles. The van der Waals surface area contributed by atoms with E-state index in [1.165, 1.54) is 41.2 Å². The van der Waals surface area contributed by atoms with Gasteiger partial charge in [0.25, 0.3) is 0 Å². The number of hydrogen-bond donors (Lipinski definition) is 1. The molecule has 2 saturated carbocycles. The number of hydrogen-bond acceptors (Lipinski definition) is 11. The molecule has 4 aliphatic rings. The van der Waals surface area contributed by atoms with Crippen LogP contribution in [0.4, 0.5) is 9.18 Å². The molecular formula is C38H48FN3O11S. The molecule has 3 amide bonds. The number of nitrogens with one attached hydrogen (secondary N) is 1. The summed E-state index contributed by atoms with van der Waals surface area (Å²) in [5, 5.41) is -0.669. The predicted molar refractivity (Wildman–Crippen MR) is 191 cm³/mol. The minimum Gasteiger partial charge on any atom is -0.466 e. The number of benzene rings is 1. The summed E-state index contributed by atoms with van der Waals surface area (Å²) in [5.74, 6) is -5.21. The standard InChI is InChI=1S/C38H48FN3O11S/c1-6-25-18-38(25,35(47)40-54(49,50)27-14-15-27)19-31(43)30-17-26(52-36(48)41-20-24-11-9-12-29(39)28(24)22-41)21-42(30)34(46)23(10-7-8-13-32(44)51-5)16-33(45)53-37(2,3)4/h6,8-9,11-13,23,25-27,30H,1,7,10,14-22H2,2-5H3,(H,40,47)/b13-8+/t23-,25-,26?,30+,38-/m1/s1. The minimum absolute atomic E-state index is 0.0278. The van der Waals surface area contributed by atoms with Gasteiger partial charge in [-0.2, -0.15) is 0 Å². The van der Waals surface area contributed by atoms with E-state index in [2.05, 4.69) is 16.0 Å². The lowest BCUT2D eigenvalue weighted by Gasteiger charge is -2.29. The van der Waals surface area contributed by atoms with E-state index in [9.17, 15) is 41.6 Å². The molecule has 1 N–H and O–H groups in total. The van der Waals surface area contributed by atoms with E-state index in [-0.39, 0.29) is 51.7 Å². The van der Waals surface area contributed by atoms with Crippen LogP contribution in [0.5, 0.6) is 0 Å². The van der Waals surface area contributed by atoms with Gasteiger partial charge in [-0.3, -0.25) is 28.8 Å². The third-order valence-corrected chi connectivity index (χ3v) is 12.1. The van der Waals surface area contributed by atoms with E-state index < -0.39 is 98.1 Å². The van der Waals surface area contributed by atoms with Gasteiger partial charge < -0.3 is 19.1 Å². The van der Waals surface area contributed by atoms with Crippen LogP contribution < -0.4 is 4.72 Å². The van der Waals surface area contributed by atoms with Crippen LogP contribution in [0, 0.1) is 23.1 Å². The summed E-state index contributed by atoms with van der Waals surface area (Å²) in [7, 11) is -2.70. The van der Waals surface area contributed by atoms with Crippen LogP contribution in [0.15, 0.2) is 43.0 Å². The number of ketones is 1. The molecule has 0 spiro atoms. The summed E-state index contributed by atoms with van der Waals surface area (Å²) in [4.78, 5) is 82.7. The Morgan fingerprint density at radius 3 is 2.46 bits per heavy atom. The zero-order valence-corrected chi connectivity index (χ0v) is 31.8. The Bertz CT molecular complexity index is 1840. The average Bonchev–Trinajstić information content (AvgIpc) is 3.99. The highest BCUT2D eigenvalue weighted by Gasteiger charge is 2.61. The van der Waals surface area contributed by atoms with Crippen LogP contribution >= 0.6 is 0 Å². The van der Waals surface area contributed by atoms with Crippen molar-refractivity contribution >= 4 is 45.7 Å². The summed E-state index contributed by atoms with van der Waals surface area (Å²) < 4.78 is 57.9. The first-order valence-corrected chi connectivity index (χ1v) is 19.6. The van der Waals surface area contributed by atoms with Crippen molar-refractivity contribution in [3.63, 3.8) is 0 Å². The number of halogens is 1. The van der Waals surface area contributed by atoms with Gasteiger partial charge in [-0.1, -0.05) is 24.3 Å². The van der Waals surface area contributed by atoms with Gasteiger partial charge >= 0.3 is 18.0 Å². The number of esters is 2. The molecule has 2 aliphatic heterocycles. The normalized spacial score (nSPS) is 24.1. The van der Waals surface area contributed by atoms with E-state index in [1.54, 1.807) is 32.9 Å². The molecule has 5 rings (SSSR count). The lowest BCUT2D eigenvalue weighted by molar-refractivity contribution is -0.159. The Balaban J connectivity index is 1.38. The van der Waals surface area contributed by atoms with Crippen molar-refractivity contribution in [2.75, 3.05) is 13.7 Å². The zero-order chi connectivity index (χ0) is 39.6. The molecule has 16 heteroatoms. The molecule has 54 heavy (non-hydrogen) atoms. The number of allylic oxidation sites excluding steroid dienone is 2. The molecular weight excluding hydrogens is 725 g/mol. The molecule has 2 aliphatic carbocycles. The summed E-state index contributed by atoms with van der Waals surface area (Å²) in [5.41, 5.74) is -1.26. The lowest BCUT2D eigenvalue weighted by Crippen LogP contribution is -2.46. The maximum Gasteiger partial charge on any atom is 0.410 e. The number of nitrogens with zero attached hydrogens (tertiary/aromatic N) is 2. The van der Waals surface area contributed by atoms with Gasteiger partial charge in [-0.25, -0.2) is 22.4 Å². The quantitative estimate of drug-likeness (QED) is 0.118. The van der Waals surface area contributed by atoms with Crippen molar-refractivity contribution in [3.8, 4) is 0 Å². The number of carbonyl (C=O) groups excluding carboxylic acids is 6. The van der Waals surface area contributed by atoms with Crippen LogP contribution in [0.25, 0.3) is 0 Å². The number of sulfonamides is 1. The Morgan fingerprint density at radius 1 is 1.13 bits per heavy atom. The number of methoxy groups -OCH3 is 1. The highest BCUT2D eigenvalue weighted by molar-refractivity contribution is 7.90. The zero-order valence-electron chi connectivity index (χ0n) is 31.0. The molecule has 2 heterocycles. The molecule has 1 unspecified atom stereocenters. The Morgan fingerprint density at radius 2 is 1.85 bits per heavy atom. The topological polar surface area (TPSA) is 183 Å². The van der Waals surface area contributed by atoms with E-state index in [0.717, 1.165) is 0 Å². The van der Waals surface area contributed by atoms with Gasteiger partial charge in [0.2, 0.25) is 21.8 Å². The summed E-state index contributed by atoms with van der Waals surface area (Å²) >= 11 is 0. The van der Waals surface area contributed by atoms with Crippen molar-refractivity contribution in [2.24, 2.45) is 17.3 Å². The van der Waals surface area contributed by atoms with Gasteiger partial charge in [0.05, 0.1) is 43.3 Å². The van der Waals surface area contributed by atoms with E-state index in [0.29, 0.717) is 24.0 Å². The van der Waals surface area contributed by atoms with Crippen LogP contribution in [0.3, 0.4) is 0 Å². The van der Waals surface area contributed by atoms with Crippen LogP contribution in [0.2, 0.25) is 0 Å². The Hall–Kier alpha value is -4.60. The first-order chi connectivity index (χ1) is 25.4. The fourth-order valence-corrected chi connectivity index (χ4v) is 8.53. The molecule has 3 fully saturated rings. The van der Waals surface area contributed by atoms with Crippen LogP contribution in [-0.2, 0) is 61.3 Å². The SMILES string of the molecule is C=C[C@@H]1C[C@]1(CC(=O)[C@@H]1CC(OC(=O)N2Cc3cccc(F)c3C2)CN1C(=O)[C@H](CC/C=C/C(=O)OC)CC(=O)OC(C)(C)C)C(=O)NS(=O)(=O)C1CC1. The van der Waals surface area contributed by atoms with E-state index in [1.807, 2.05) is 0 Å². The van der Waals surface area contributed by atoms with Gasteiger partial charge in [0.15, 0.2) is 5.78 Å². The van der Waals surface area contributed by atoms with Crippen molar-refractivity contribution in [3.05, 3.63) is 60.0 Å². The highest BCUT2D eigenvalue weighted by atomic mass is 32.2. The second kappa shape index (κ2) is 16.0. The smallest absolute Gasteiger partial charge is 0.410 e. The van der Waals surface area contributed by atoms with Gasteiger partial charge in [0.1, 0.15) is 17.5 Å². The maximum absolute atomic E-state index is 14.4. The number of Topliss-reactive ketones (excluding diaryl/α,β-unsaturated/α-hetero) is 1. The second-order valence-corrected chi connectivity index (χ2v) is 17.5. The molecule has 0 radical (unpaired) electrons. The number of likely N-dealkylation sites (tertiary alicyclic amines) is 1. The molecule has 0 bridgehead atoms. The monoisotopic (exact) mass is 773 g/mol. The van der Waals surface area contributed by atoms with Crippen LogP contribution in [-0.4, -0.2) is 90.5 Å². The molecule has 1 aromatic rings. The summed E-state index contributed by atoms with van der Waals surface area (Å²) in [6, 6.07) is 3.35. The molecule has 294 valence electrons. The summed E-state index contributed by atoms with van der Waals surface area (Å²) in [6.45, 7) is 8.64. The van der Waals surface area contributed by atoms with Gasteiger partial charge in [-0.05, 0) is 70.4 Å². The summed E-state index contributed by atoms with van der Waals surface area (Å²) in [6.07, 6.45) is 2.82. The first kappa shape index (κ1) is 40.6. The largest absolute Gasteiger partial charge is 0.466 e. The van der Waals surface area contributed by atoms with Gasteiger partial charge in [0, 0.05) is 36.9 Å². The number of fused-ring (bicyclic) bond motifs is 1. The number of carbonyl (C=O) groups is 6. The average molecular weight is 774 g/mol. The van der Waals surface area contributed by atoms with Crippen molar-refractivity contribution in [1.82, 2.24) is 14.5 Å². The second-order valence-electron chi connectivity index (χ2n) is 15.5. The van der Waals surface area contributed by atoms with Crippen molar-refractivity contribution < 1.29 is 55.8 Å². The molecule has 14 nitrogen and oxygen atoms in total. The van der Waals surface area contributed by atoms with Crippen LogP contribution in [0.1, 0.15) is 83.3 Å². The van der Waals surface area contributed by atoms with E-state index in [4.69, 9.17) is 9.47 Å². The number of rotatable bonds is 15. The lowest BCUT2D eigenvalue weighted by atomic mass is 9.90. The Kier molecular flexibility index (Phi) is 12.0. The number of amides is 3. The van der Waals surface area contributed by atoms with Gasteiger partial charge in [-0.15, -0.1) is 6.58 Å². The third-order valence-electron chi connectivity index (χ3n) is 10.2. The molecule has 5 atom stereocenters. The first-order valence-electron chi connectivity index (χ1n) is 18.1. The third kappa shape index (κ3) is 9.54. The predicted octanol–water partition coefficient (Wildman–Crippen LogP) is 3.86. The highest BCUT2D eigenvalue weighted by Crippen LogP contribution is 2.57. The fourth-order valence-electron chi connectivity index (χ4n) is 7.14. The van der Waals surface area contributed by atoms with Crippen molar-refractivity contribution in [1.29, 1.82) is 0 Å². The molecule has 0 aromatic heterocycles. The minimum atomic E-state index is -3.92. The van der Waals surface area contributed by atoms with E-state index >= 15 is 0 Å².